The first kappa shape index (κ1) is 11.0. The fraction of sp³-hybridized carbons (Fsp3) is 0.400. The van der Waals surface area contributed by atoms with Crippen LogP contribution in [-0.2, 0) is 6.42 Å². The maximum atomic E-state index is 13.1. The van der Waals surface area contributed by atoms with Gasteiger partial charge in [-0.1, -0.05) is 17.7 Å². The predicted molar refractivity (Wildman–Crippen MR) is 48.8 cm³/mol. The van der Waals surface area contributed by atoms with E-state index in [1.54, 1.807) is 13.0 Å². The van der Waals surface area contributed by atoms with Crippen LogP contribution in [-0.4, -0.2) is 12.5 Å². The Morgan fingerprint density at radius 1 is 1.36 bits per heavy atom. The first-order valence-electron chi connectivity index (χ1n) is 4.27. The molecule has 1 aromatic carbocycles. The van der Waals surface area contributed by atoms with Gasteiger partial charge in [-0.3, -0.25) is 0 Å². The molecule has 0 bridgehead atoms. The molecule has 1 aromatic rings. The van der Waals surface area contributed by atoms with Crippen molar-refractivity contribution >= 4 is 0 Å². The Morgan fingerprint density at radius 2 is 2.00 bits per heavy atom. The van der Waals surface area contributed by atoms with Crippen molar-refractivity contribution in [3.05, 3.63) is 35.1 Å². The zero-order valence-electron chi connectivity index (χ0n) is 7.86. The second-order valence-corrected chi connectivity index (χ2v) is 3.33. The molecule has 0 unspecified atom stereocenters. The van der Waals surface area contributed by atoms with Crippen LogP contribution in [0.15, 0.2) is 18.2 Å². The standard InChI is InChI=1S/C10H12F3N/c1-7-2-3-9(11)8(4-7)5-10(12,13)6-14/h2-4H,5-6,14H2,1H3. The van der Waals surface area contributed by atoms with Gasteiger partial charge >= 0.3 is 0 Å². The van der Waals surface area contributed by atoms with Gasteiger partial charge in [-0.15, -0.1) is 0 Å². The summed E-state index contributed by atoms with van der Waals surface area (Å²) in [7, 11) is 0. The lowest BCUT2D eigenvalue weighted by Gasteiger charge is -2.14. The molecular weight excluding hydrogens is 191 g/mol. The van der Waals surface area contributed by atoms with Gasteiger partial charge < -0.3 is 5.73 Å². The highest BCUT2D eigenvalue weighted by atomic mass is 19.3. The van der Waals surface area contributed by atoms with E-state index in [0.717, 1.165) is 5.56 Å². The number of halogens is 3. The van der Waals surface area contributed by atoms with E-state index in [1.807, 2.05) is 0 Å². The number of benzene rings is 1. The number of aryl methyl sites for hydroxylation is 1. The fourth-order valence-electron chi connectivity index (χ4n) is 1.19. The maximum Gasteiger partial charge on any atom is 0.264 e. The molecule has 0 radical (unpaired) electrons. The molecule has 1 rings (SSSR count). The van der Waals surface area contributed by atoms with Crippen LogP contribution in [0.25, 0.3) is 0 Å². The highest BCUT2D eigenvalue weighted by Gasteiger charge is 2.28. The molecule has 0 aliphatic rings. The molecule has 0 aliphatic heterocycles. The summed E-state index contributed by atoms with van der Waals surface area (Å²) in [5.41, 5.74) is 5.64. The third-order valence-electron chi connectivity index (χ3n) is 1.95. The monoisotopic (exact) mass is 203 g/mol. The first-order chi connectivity index (χ1) is 6.44. The number of hydrogen-bond donors (Lipinski definition) is 1. The van der Waals surface area contributed by atoms with E-state index in [-0.39, 0.29) is 5.56 Å². The summed E-state index contributed by atoms with van der Waals surface area (Å²) in [6, 6.07) is 4.15. The normalized spacial score (nSPS) is 11.8. The van der Waals surface area contributed by atoms with Crippen LogP contribution in [0.4, 0.5) is 13.2 Å². The largest absolute Gasteiger partial charge is 0.325 e. The Kier molecular flexibility index (Phi) is 3.16. The van der Waals surface area contributed by atoms with E-state index in [9.17, 15) is 13.2 Å². The molecule has 14 heavy (non-hydrogen) atoms. The van der Waals surface area contributed by atoms with Crippen LogP contribution in [0.1, 0.15) is 11.1 Å². The molecule has 0 saturated heterocycles. The second-order valence-electron chi connectivity index (χ2n) is 3.33. The van der Waals surface area contributed by atoms with Crippen molar-refractivity contribution in [3.63, 3.8) is 0 Å². The van der Waals surface area contributed by atoms with Crippen LogP contribution >= 0.6 is 0 Å². The van der Waals surface area contributed by atoms with Gasteiger partial charge in [-0.25, -0.2) is 13.2 Å². The molecule has 0 amide bonds. The summed E-state index contributed by atoms with van der Waals surface area (Å²) >= 11 is 0. The minimum atomic E-state index is -3.03. The molecule has 0 aromatic heterocycles. The third kappa shape index (κ3) is 2.73. The second kappa shape index (κ2) is 4.00. The van der Waals surface area contributed by atoms with Crippen molar-refractivity contribution in [1.82, 2.24) is 0 Å². The SMILES string of the molecule is Cc1ccc(F)c(CC(F)(F)CN)c1. The van der Waals surface area contributed by atoms with Gasteiger partial charge in [0.05, 0.1) is 6.54 Å². The Labute approximate surface area is 80.7 Å². The average molecular weight is 203 g/mol. The van der Waals surface area contributed by atoms with E-state index >= 15 is 0 Å². The number of rotatable bonds is 3. The van der Waals surface area contributed by atoms with E-state index < -0.39 is 24.7 Å². The van der Waals surface area contributed by atoms with Gasteiger partial charge in [0.1, 0.15) is 5.82 Å². The zero-order valence-corrected chi connectivity index (χ0v) is 7.86. The van der Waals surface area contributed by atoms with Gasteiger partial charge in [0, 0.05) is 6.42 Å². The van der Waals surface area contributed by atoms with Crippen molar-refractivity contribution in [3.8, 4) is 0 Å². The lowest BCUT2D eigenvalue weighted by molar-refractivity contribution is 0.0107. The summed E-state index contributed by atoms with van der Waals surface area (Å²) in [6.45, 7) is 0.962. The predicted octanol–water partition coefficient (Wildman–Crippen LogP) is 2.27. The minimum absolute atomic E-state index is 0.0143. The molecule has 0 spiro atoms. The number of nitrogens with two attached hydrogens (primary N) is 1. The molecular formula is C10H12F3N. The van der Waals surface area contributed by atoms with Crippen molar-refractivity contribution in [1.29, 1.82) is 0 Å². The summed E-state index contributed by atoms with van der Waals surface area (Å²) in [5, 5.41) is 0. The molecule has 0 saturated carbocycles. The molecule has 0 atom stereocenters. The Balaban J connectivity index is 2.91. The van der Waals surface area contributed by atoms with Gasteiger partial charge in [0.2, 0.25) is 0 Å². The summed E-state index contributed by atoms with van der Waals surface area (Å²) < 4.78 is 38.8. The smallest absolute Gasteiger partial charge is 0.264 e. The number of hydrogen-bond acceptors (Lipinski definition) is 1. The molecule has 4 heteroatoms. The van der Waals surface area contributed by atoms with Crippen molar-refractivity contribution in [2.75, 3.05) is 6.54 Å². The molecule has 0 fully saturated rings. The van der Waals surface area contributed by atoms with Gasteiger partial charge in [-0.2, -0.15) is 0 Å². The minimum Gasteiger partial charge on any atom is -0.325 e. The van der Waals surface area contributed by atoms with Crippen LogP contribution in [0.3, 0.4) is 0 Å². The Bertz CT molecular complexity index is 323. The summed E-state index contributed by atoms with van der Waals surface area (Å²) in [5.74, 6) is -3.64. The van der Waals surface area contributed by atoms with Gasteiger partial charge in [0.15, 0.2) is 0 Å². The Hall–Kier alpha value is -1.03. The first-order valence-corrected chi connectivity index (χ1v) is 4.27. The lowest BCUT2D eigenvalue weighted by Crippen LogP contribution is -2.30. The number of alkyl halides is 2. The van der Waals surface area contributed by atoms with Crippen molar-refractivity contribution < 1.29 is 13.2 Å². The quantitative estimate of drug-likeness (QED) is 0.801. The van der Waals surface area contributed by atoms with Crippen LogP contribution in [0.5, 0.6) is 0 Å². The lowest BCUT2D eigenvalue weighted by atomic mass is 10.0. The molecule has 78 valence electrons. The average Bonchev–Trinajstić information content (AvgIpc) is 2.11. The van der Waals surface area contributed by atoms with E-state index in [1.165, 1.54) is 12.1 Å². The van der Waals surface area contributed by atoms with Crippen LogP contribution in [0.2, 0.25) is 0 Å². The highest BCUT2D eigenvalue weighted by Crippen LogP contribution is 2.21. The third-order valence-corrected chi connectivity index (χ3v) is 1.95. The molecule has 0 heterocycles. The summed E-state index contributed by atoms with van der Waals surface area (Å²) in [6.07, 6.45) is -0.642. The van der Waals surface area contributed by atoms with E-state index in [4.69, 9.17) is 5.73 Å². The summed E-state index contributed by atoms with van der Waals surface area (Å²) in [4.78, 5) is 0. The zero-order chi connectivity index (χ0) is 10.8. The van der Waals surface area contributed by atoms with E-state index in [0.29, 0.717) is 0 Å². The van der Waals surface area contributed by atoms with E-state index in [2.05, 4.69) is 0 Å². The Morgan fingerprint density at radius 3 is 2.57 bits per heavy atom. The molecule has 1 nitrogen and oxygen atoms in total. The van der Waals surface area contributed by atoms with Gasteiger partial charge in [-0.05, 0) is 18.6 Å². The fourth-order valence-corrected chi connectivity index (χ4v) is 1.19. The van der Waals surface area contributed by atoms with Crippen LogP contribution < -0.4 is 5.73 Å². The highest BCUT2D eigenvalue weighted by molar-refractivity contribution is 5.25. The topological polar surface area (TPSA) is 26.0 Å². The van der Waals surface area contributed by atoms with Crippen molar-refractivity contribution in [2.24, 2.45) is 5.73 Å². The van der Waals surface area contributed by atoms with Gasteiger partial charge in [0.25, 0.3) is 5.92 Å². The van der Waals surface area contributed by atoms with Crippen molar-refractivity contribution in [2.45, 2.75) is 19.3 Å². The molecule has 2 N–H and O–H groups in total. The molecule has 0 aliphatic carbocycles. The maximum absolute atomic E-state index is 13.1. The van der Waals surface area contributed by atoms with Crippen LogP contribution in [0, 0.1) is 12.7 Å².